The topological polar surface area (TPSA) is 50.3 Å². The van der Waals surface area contributed by atoms with Crippen LogP contribution in [0.3, 0.4) is 0 Å². The zero-order valence-corrected chi connectivity index (χ0v) is 14.8. The summed E-state index contributed by atoms with van der Waals surface area (Å²) in [6.45, 7) is 14.4. The van der Waals surface area contributed by atoms with Crippen LogP contribution < -0.4 is 0 Å². The van der Waals surface area contributed by atoms with Crippen LogP contribution >= 0.6 is 0 Å². The van der Waals surface area contributed by atoms with Crippen molar-refractivity contribution in [3.63, 3.8) is 0 Å². The van der Waals surface area contributed by atoms with E-state index in [1.807, 2.05) is 0 Å². The Morgan fingerprint density at radius 1 is 0.739 bits per heavy atom. The van der Waals surface area contributed by atoms with Crippen molar-refractivity contribution in [2.24, 2.45) is 0 Å². The summed E-state index contributed by atoms with van der Waals surface area (Å²) in [5.74, 6) is -0.706. The number of carbonyl (C=O) groups is 1. The lowest BCUT2D eigenvalue weighted by molar-refractivity contribution is -0.138. The zero-order chi connectivity index (χ0) is 16.5. The van der Waals surface area contributed by atoms with Crippen LogP contribution in [0, 0.1) is 0 Å². The number of carboxylic acids is 1. The Morgan fingerprint density at radius 2 is 1.22 bits per heavy atom. The highest BCUT2D eigenvalue weighted by molar-refractivity contribution is 5.69. The largest absolute Gasteiger partial charge is 0.480 e. The van der Waals surface area contributed by atoms with Gasteiger partial charge in [-0.2, -0.15) is 0 Å². The summed E-state index contributed by atoms with van der Waals surface area (Å²) in [6, 6.07) is 0. The van der Waals surface area contributed by atoms with E-state index >= 15 is 0 Å². The van der Waals surface area contributed by atoms with Gasteiger partial charge in [-0.05, 0) is 58.5 Å². The van der Waals surface area contributed by atoms with Crippen molar-refractivity contribution >= 4 is 5.97 Å². The Balaban J connectivity index is 2.00. The van der Waals surface area contributed by atoms with Crippen LogP contribution in [0.4, 0.5) is 0 Å². The average molecular weight is 326 g/mol. The Morgan fingerprint density at radius 3 is 1.74 bits per heavy atom. The lowest BCUT2D eigenvalue weighted by Gasteiger charge is -2.28. The monoisotopic (exact) mass is 326 g/mol. The second-order valence-electron chi connectivity index (χ2n) is 6.85. The van der Waals surface area contributed by atoms with Gasteiger partial charge in [-0.3, -0.25) is 9.69 Å². The molecule has 2 bridgehead atoms. The van der Waals surface area contributed by atoms with Gasteiger partial charge in [0.1, 0.15) is 0 Å². The molecule has 6 nitrogen and oxygen atoms in total. The SMILES string of the molecule is CCN1CCCN2CCCN(CCCN(CC(=O)O)CC2)CC1. The molecular formula is C17H34N4O2. The van der Waals surface area contributed by atoms with Crippen LogP contribution in [0.5, 0.6) is 0 Å². The van der Waals surface area contributed by atoms with Crippen molar-refractivity contribution in [3.8, 4) is 0 Å². The third-order valence-electron chi connectivity index (χ3n) is 5.12. The number of hydrogen-bond acceptors (Lipinski definition) is 5. The molecule has 23 heavy (non-hydrogen) atoms. The second-order valence-corrected chi connectivity index (χ2v) is 6.85. The lowest BCUT2D eigenvalue weighted by Crippen LogP contribution is -2.40. The molecule has 1 N–H and O–H groups in total. The molecule has 2 heterocycles. The van der Waals surface area contributed by atoms with Gasteiger partial charge in [-0.25, -0.2) is 0 Å². The van der Waals surface area contributed by atoms with Gasteiger partial charge in [-0.15, -0.1) is 0 Å². The molecule has 2 rings (SSSR count). The average Bonchev–Trinajstić information content (AvgIpc) is 2.59. The van der Waals surface area contributed by atoms with Gasteiger partial charge < -0.3 is 19.8 Å². The zero-order valence-electron chi connectivity index (χ0n) is 14.8. The minimum atomic E-state index is -0.706. The van der Waals surface area contributed by atoms with Crippen LogP contribution in [0.1, 0.15) is 26.2 Å². The first kappa shape index (κ1) is 18.6. The maximum Gasteiger partial charge on any atom is 0.317 e. The van der Waals surface area contributed by atoms with E-state index in [1.165, 1.54) is 25.9 Å². The van der Waals surface area contributed by atoms with Crippen LogP contribution in [0.2, 0.25) is 0 Å². The molecule has 2 saturated heterocycles. The lowest BCUT2D eigenvalue weighted by atomic mass is 10.3. The number of nitrogens with zero attached hydrogens (tertiary/aromatic N) is 4. The minimum absolute atomic E-state index is 0.178. The first-order valence-corrected chi connectivity index (χ1v) is 9.28. The molecule has 2 aliphatic rings. The number of carboxylic acid groups (broad SMARTS) is 1. The summed E-state index contributed by atoms with van der Waals surface area (Å²) in [4.78, 5) is 20.9. The number of fused-ring (bicyclic) bond motifs is 4. The van der Waals surface area contributed by atoms with Crippen molar-refractivity contribution in [1.29, 1.82) is 0 Å². The van der Waals surface area contributed by atoms with Crippen molar-refractivity contribution in [3.05, 3.63) is 0 Å². The minimum Gasteiger partial charge on any atom is -0.480 e. The summed E-state index contributed by atoms with van der Waals surface area (Å²) >= 11 is 0. The van der Waals surface area contributed by atoms with Crippen molar-refractivity contribution < 1.29 is 9.90 Å². The normalized spacial score (nSPS) is 29.8. The van der Waals surface area contributed by atoms with E-state index in [9.17, 15) is 4.79 Å². The van der Waals surface area contributed by atoms with E-state index in [0.717, 1.165) is 65.3 Å². The molecule has 2 unspecified atom stereocenters. The first-order valence-electron chi connectivity index (χ1n) is 9.28. The summed E-state index contributed by atoms with van der Waals surface area (Å²) in [6.07, 6.45) is 3.51. The molecule has 0 aromatic rings. The van der Waals surface area contributed by atoms with Gasteiger partial charge in [0.25, 0.3) is 0 Å². The highest BCUT2D eigenvalue weighted by Gasteiger charge is 2.17. The Kier molecular flexibility index (Phi) is 8.30. The summed E-state index contributed by atoms with van der Waals surface area (Å²) in [7, 11) is 0. The molecule has 2 atom stereocenters. The molecule has 2 aliphatic heterocycles. The number of likely N-dealkylation sites (N-methyl/N-ethyl adjacent to an activating group) is 1. The molecule has 6 heteroatoms. The Bertz CT molecular complexity index is 353. The highest BCUT2D eigenvalue weighted by atomic mass is 16.4. The Labute approximate surface area is 141 Å². The number of hydrogen-bond donors (Lipinski definition) is 1. The van der Waals surface area contributed by atoms with Crippen molar-refractivity contribution in [2.75, 3.05) is 78.5 Å². The molecule has 0 radical (unpaired) electrons. The van der Waals surface area contributed by atoms with Gasteiger partial charge in [-0.1, -0.05) is 6.92 Å². The number of aliphatic carboxylic acids is 1. The molecule has 134 valence electrons. The van der Waals surface area contributed by atoms with Crippen molar-refractivity contribution in [1.82, 2.24) is 19.6 Å². The van der Waals surface area contributed by atoms with Crippen LogP contribution in [-0.2, 0) is 4.79 Å². The van der Waals surface area contributed by atoms with Gasteiger partial charge in [0.05, 0.1) is 6.54 Å². The standard InChI is InChI=1S/C17H34N4O2/c1-2-18-6-3-7-20-9-4-8-19(13-12-18)10-5-11-21(15-14-20)16-17(22)23/h2-16H2,1H3,(H,22,23). The summed E-state index contributed by atoms with van der Waals surface area (Å²) < 4.78 is 0. The van der Waals surface area contributed by atoms with Gasteiger partial charge >= 0.3 is 5.97 Å². The smallest absolute Gasteiger partial charge is 0.317 e. The van der Waals surface area contributed by atoms with Gasteiger partial charge in [0, 0.05) is 32.7 Å². The van der Waals surface area contributed by atoms with Crippen LogP contribution in [0.25, 0.3) is 0 Å². The van der Waals surface area contributed by atoms with Crippen LogP contribution in [-0.4, -0.2) is 109 Å². The van der Waals surface area contributed by atoms with E-state index in [-0.39, 0.29) is 6.54 Å². The first-order chi connectivity index (χ1) is 11.2. The predicted molar refractivity (Wildman–Crippen MR) is 92.9 cm³/mol. The van der Waals surface area contributed by atoms with E-state index in [2.05, 4.69) is 26.5 Å². The molecule has 0 amide bonds. The third kappa shape index (κ3) is 7.16. The highest BCUT2D eigenvalue weighted by Crippen LogP contribution is 2.06. The summed E-state index contributed by atoms with van der Waals surface area (Å²) in [5, 5.41) is 9.11. The fourth-order valence-electron chi connectivity index (χ4n) is 3.68. The van der Waals surface area contributed by atoms with E-state index in [1.54, 1.807) is 0 Å². The van der Waals surface area contributed by atoms with Gasteiger partial charge in [0.15, 0.2) is 0 Å². The third-order valence-corrected chi connectivity index (χ3v) is 5.12. The van der Waals surface area contributed by atoms with E-state index in [0.29, 0.717) is 0 Å². The molecule has 0 saturated carbocycles. The molecule has 2 fully saturated rings. The molecule has 0 aliphatic carbocycles. The maximum absolute atomic E-state index is 11.1. The molecule has 0 aromatic carbocycles. The predicted octanol–water partition coefficient (Wildman–Crippen LogP) is 0.496. The molecule has 0 aromatic heterocycles. The van der Waals surface area contributed by atoms with E-state index < -0.39 is 5.97 Å². The second kappa shape index (κ2) is 10.2. The maximum atomic E-state index is 11.1. The van der Waals surface area contributed by atoms with Crippen molar-refractivity contribution in [2.45, 2.75) is 26.2 Å². The fraction of sp³-hybridized carbons (Fsp3) is 0.941. The molecule has 0 spiro atoms. The summed E-state index contributed by atoms with van der Waals surface area (Å²) in [5.41, 5.74) is 0. The van der Waals surface area contributed by atoms with Gasteiger partial charge in [0.2, 0.25) is 0 Å². The van der Waals surface area contributed by atoms with E-state index in [4.69, 9.17) is 5.11 Å². The fourth-order valence-corrected chi connectivity index (χ4v) is 3.68. The quantitative estimate of drug-likeness (QED) is 0.815. The number of rotatable bonds is 3. The molecular weight excluding hydrogens is 292 g/mol. The van der Waals surface area contributed by atoms with Crippen LogP contribution in [0.15, 0.2) is 0 Å². The Hall–Kier alpha value is -0.690.